The Kier molecular flexibility index (Phi) is 4.86. The molecule has 0 bridgehead atoms. The molecule has 2 aliphatic rings. The lowest BCUT2D eigenvalue weighted by Gasteiger charge is -2.22. The van der Waals surface area contributed by atoms with Crippen molar-refractivity contribution in [2.45, 2.75) is 44.2 Å². The van der Waals surface area contributed by atoms with E-state index >= 15 is 0 Å². The molecule has 3 heterocycles. The zero-order chi connectivity index (χ0) is 19.7. The molecule has 1 unspecified atom stereocenters. The largest absolute Gasteiger partial charge is 0.356 e. The number of aromatic amines is 1. The maximum absolute atomic E-state index is 13.0. The number of hydrogen-bond donors (Lipinski definition) is 3. The summed E-state index contributed by atoms with van der Waals surface area (Å²) in [6.07, 6.45) is 6.60. The molecule has 0 aromatic carbocycles. The number of fused-ring (bicyclic) bond motifs is 1. The van der Waals surface area contributed by atoms with Crippen LogP contribution in [0.3, 0.4) is 0 Å². The normalized spacial score (nSPS) is 21.1. The van der Waals surface area contributed by atoms with Crippen molar-refractivity contribution in [2.24, 2.45) is 11.8 Å². The third-order valence-corrected chi connectivity index (χ3v) is 5.56. The second kappa shape index (κ2) is 7.46. The molecule has 1 aliphatic carbocycles. The number of nitrogens with zero attached hydrogens (tertiary/aromatic N) is 3. The van der Waals surface area contributed by atoms with Crippen LogP contribution in [0.4, 0.5) is 0 Å². The number of hydrogen-bond acceptors (Lipinski definition) is 5. The summed E-state index contributed by atoms with van der Waals surface area (Å²) in [7, 11) is 0. The minimum Gasteiger partial charge on any atom is -0.356 e. The van der Waals surface area contributed by atoms with Gasteiger partial charge in [0.15, 0.2) is 5.52 Å². The highest BCUT2D eigenvalue weighted by Gasteiger charge is 2.33. The van der Waals surface area contributed by atoms with E-state index in [0.717, 1.165) is 12.8 Å². The van der Waals surface area contributed by atoms with Crippen molar-refractivity contribution in [1.29, 1.82) is 5.26 Å². The van der Waals surface area contributed by atoms with Gasteiger partial charge in [0.1, 0.15) is 12.1 Å². The molecule has 0 spiro atoms. The van der Waals surface area contributed by atoms with Crippen molar-refractivity contribution in [3.63, 3.8) is 0 Å². The van der Waals surface area contributed by atoms with E-state index in [1.54, 1.807) is 12.3 Å². The summed E-state index contributed by atoms with van der Waals surface area (Å²) in [4.78, 5) is 44.5. The van der Waals surface area contributed by atoms with Crippen molar-refractivity contribution >= 4 is 22.8 Å². The number of aromatic nitrogens is 3. The highest BCUT2D eigenvalue weighted by atomic mass is 16.2. The van der Waals surface area contributed by atoms with Crippen LogP contribution in [-0.2, 0) is 9.59 Å². The van der Waals surface area contributed by atoms with Crippen molar-refractivity contribution in [2.75, 3.05) is 6.54 Å². The van der Waals surface area contributed by atoms with E-state index in [1.807, 2.05) is 0 Å². The highest BCUT2D eigenvalue weighted by molar-refractivity contribution is 5.83. The van der Waals surface area contributed by atoms with Gasteiger partial charge in [-0.15, -0.1) is 0 Å². The van der Waals surface area contributed by atoms with Gasteiger partial charge < -0.3 is 20.2 Å². The lowest BCUT2D eigenvalue weighted by Crippen LogP contribution is -2.43. The fourth-order valence-electron chi connectivity index (χ4n) is 3.77. The molecule has 2 amide bonds. The maximum atomic E-state index is 13.0. The monoisotopic (exact) mass is 382 g/mol. The van der Waals surface area contributed by atoms with Gasteiger partial charge in [-0.05, 0) is 31.2 Å². The van der Waals surface area contributed by atoms with Crippen molar-refractivity contribution in [3.05, 3.63) is 28.9 Å². The van der Waals surface area contributed by atoms with E-state index in [1.165, 1.54) is 10.9 Å². The van der Waals surface area contributed by atoms with Crippen molar-refractivity contribution in [1.82, 2.24) is 25.2 Å². The van der Waals surface area contributed by atoms with E-state index in [9.17, 15) is 19.6 Å². The van der Waals surface area contributed by atoms with Crippen molar-refractivity contribution < 1.29 is 9.59 Å². The SMILES string of the molecule is N#C[C@H](C[C@@H]1CCNC1=O)NC(=O)C(CC1CC1)n1ccc2[nH]cnc2c1=O. The van der Waals surface area contributed by atoms with Gasteiger partial charge >= 0.3 is 0 Å². The number of nitrogens with one attached hydrogen (secondary N) is 3. The molecule has 146 valence electrons. The number of imidazole rings is 1. The van der Waals surface area contributed by atoms with Gasteiger partial charge in [0.05, 0.1) is 17.9 Å². The summed E-state index contributed by atoms with van der Waals surface area (Å²) >= 11 is 0. The Balaban J connectivity index is 1.55. The van der Waals surface area contributed by atoms with Gasteiger partial charge in [0.25, 0.3) is 5.56 Å². The molecule has 1 saturated carbocycles. The van der Waals surface area contributed by atoms with Gasteiger partial charge in [0, 0.05) is 18.7 Å². The van der Waals surface area contributed by atoms with Crippen LogP contribution in [0.2, 0.25) is 0 Å². The summed E-state index contributed by atoms with van der Waals surface area (Å²) in [5.41, 5.74) is 0.577. The van der Waals surface area contributed by atoms with E-state index in [0.29, 0.717) is 30.8 Å². The quantitative estimate of drug-likeness (QED) is 0.645. The maximum Gasteiger partial charge on any atom is 0.279 e. The number of rotatable bonds is 7. The Bertz CT molecular complexity index is 999. The van der Waals surface area contributed by atoms with E-state index < -0.39 is 12.1 Å². The van der Waals surface area contributed by atoms with E-state index in [-0.39, 0.29) is 35.2 Å². The van der Waals surface area contributed by atoms with E-state index in [4.69, 9.17) is 0 Å². The second-order valence-corrected chi connectivity index (χ2v) is 7.59. The molecule has 3 N–H and O–H groups in total. The van der Waals surface area contributed by atoms with Crippen LogP contribution in [0.1, 0.15) is 38.1 Å². The number of carbonyl (C=O) groups is 2. The fourth-order valence-corrected chi connectivity index (χ4v) is 3.77. The molecule has 2 aromatic rings. The second-order valence-electron chi connectivity index (χ2n) is 7.59. The standard InChI is InChI=1S/C19H22N6O3/c20-9-13(8-12-3-5-21-17(12)26)24-18(27)15(7-11-1-2-11)25-6-4-14-16(19(25)28)23-10-22-14/h4,6,10-13,15H,1-3,5,7-8H2,(H,21,26)(H,22,23)(H,24,27)/t12-,13-,15?/m0/s1. The summed E-state index contributed by atoms with van der Waals surface area (Å²) in [6, 6.07) is 2.33. The summed E-state index contributed by atoms with van der Waals surface area (Å²) in [6.45, 7) is 0.596. The number of pyridine rings is 1. The lowest BCUT2D eigenvalue weighted by atomic mass is 9.98. The Morgan fingerprint density at radius 1 is 1.36 bits per heavy atom. The molecule has 1 saturated heterocycles. The van der Waals surface area contributed by atoms with Crippen LogP contribution in [0.5, 0.6) is 0 Å². The Morgan fingerprint density at radius 3 is 2.86 bits per heavy atom. The third kappa shape index (κ3) is 3.63. The van der Waals surface area contributed by atoms with Crippen LogP contribution in [0.15, 0.2) is 23.4 Å². The van der Waals surface area contributed by atoms with E-state index in [2.05, 4.69) is 26.7 Å². The zero-order valence-electron chi connectivity index (χ0n) is 15.4. The fraction of sp³-hybridized carbons (Fsp3) is 0.526. The average molecular weight is 382 g/mol. The number of carbonyl (C=O) groups excluding carboxylic acids is 2. The minimum atomic E-state index is -0.770. The molecule has 28 heavy (non-hydrogen) atoms. The van der Waals surface area contributed by atoms with Gasteiger partial charge in [0.2, 0.25) is 11.8 Å². The van der Waals surface area contributed by atoms with Crippen LogP contribution >= 0.6 is 0 Å². The van der Waals surface area contributed by atoms with Crippen LogP contribution in [0.25, 0.3) is 11.0 Å². The number of amides is 2. The first kappa shape index (κ1) is 18.2. The first-order chi connectivity index (χ1) is 13.6. The van der Waals surface area contributed by atoms with Gasteiger partial charge in [-0.2, -0.15) is 5.26 Å². The zero-order valence-corrected chi connectivity index (χ0v) is 15.4. The summed E-state index contributed by atoms with van der Waals surface area (Å²) in [5, 5.41) is 14.9. The predicted octanol–water partition coefficient (Wildman–Crippen LogP) is 0.600. The average Bonchev–Trinajstić information content (AvgIpc) is 3.21. The van der Waals surface area contributed by atoms with Gasteiger partial charge in [-0.1, -0.05) is 12.8 Å². The molecule has 4 rings (SSSR count). The van der Waals surface area contributed by atoms with Crippen molar-refractivity contribution in [3.8, 4) is 6.07 Å². The molecule has 2 aromatic heterocycles. The predicted molar refractivity (Wildman–Crippen MR) is 100 cm³/mol. The molecule has 9 heteroatoms. The molecule has 3 atom stereocenters. The molecular weight excluding hydrogens is 360 g/mol. The molecule has 1 aliphatic heterocycles. The van der Waals surface area contributed by atoms with Crippen LogP contribution < -0.4 is 16.2 Å². The highest BCUT2D eigenvalue weighted by Crippen LogP contribution is 2.36. The lowest BCUT2D eigenvalue weighted by molar-refractivity contribution is -0.126. The minimum absolute atomic E-state index is 0.0794. The molecular formula is C19H22N6O3. The third-order valence-electron chi connectivity index (χ3n) is 5.56. The smallest absolute Gasteiger partial charge is 0.279 e. The van der Waals surface area contributed by atoms with Gasteiger partial charge in [-0.3, -0.25) is 14.4 Å². The van der Waals surface area contributed by atoms with Crippen LogP contribution in [-0.4, -0.2) is 38.9 Å². The van der Waals surface area contributed by atoms with Crippen LogP contribution in [0, 0.1) is 23.2 Å². The molecule has 0 radical (unpaired) electrons. The number of nitriles is 1. The number of H-pyrrole nitrogens is 1. The Morgan fingerprint density at radius 2 is 2.18 bits per heavy atom. The first-order valence-corrected chi connectivity index (χ1v) is 9.58. The molecule has 9 nitrogen and oxygen atoms in total. The van der Waals surface area contributed by atoms with Gasteiger partial charge in [-0.25, -0.2) is 4.98 Å². The Labute approximate surface area is 161 Å². The topological polar surface area (TPSA) is 133 Å². The molecule has 2 fully saturated rings. The first-order valence-electron chi connectivity index (χ1n) is 9.58. The Hall–Kier alpha value is -3.15. The summed E-state index contributed by atoms with van der Waals surface area (Å²) in [5.74, 6) is -0.313. The summed E-state index contributed by atoms with van der Waals surface area (Å²) < 4.78 is 1.41.